The Kier molecular flexibility index (Phi) is 6.15. The summed E-state index contributed by atoms with van der Waals surface area (Å²) >= 11 is 0. The maximum Gasteiger partial charge on any atom is 0.223 e. The molecule has 6 nitrogen and oxygen atoms in total. The third-order valence-corrected chi connectivity index (χ3v) is 4.47. The summed E-state index contributed by atoms with van der Waals surface area (Å²) in [6.07, 6.45) is 3.86. The number of carbonyl (C=O) groups excluding carboxylic acids is 1. The zero-order chi connectivity index (χ0) is 18.4. The molecule has 2 heterocycles. The number of benzene rings is 1. The van der Waals surface area contributed by atoms with E-state index < -0.39 is 0 Å². The van der Waals surface area contributed by atoms with E-state index in [1.54, 1.807) is 0 Å². The number of fused-ring (bicyclic) bond motifs is 1. The maximum atomic E-state index is 12.3. The number of ether oxygens (including phenoxy) is 2. The lowest BCUT2D eigenvalue weighted by molar-refractivity contribution is -0.125. The summed E-state index contributed by atoms with van der Waals surface area (Å²) in [5, 5.41) is 7.04. The normalized spacial score (nSPS) is 13.0. The molecule has 0 bridgehead atoms. The SMILES string of the molecule is CCCC(CCC)C(=O)NCc1cc(-c2ccc3c(c2)OCCO3)on1. The summed E-state index contributed by atoms with van der Waals surface area (Å²) in [5.74, 6) is 2.27. The van der Waals surface area contributed by atoms with Crippen molar-refractivity contribution >= 4 is 5.91 Å². The number of aromatic nitrogens is 1. The van der Waals surface area contributed by atoms with Crippen LogP contribution in [0.25, 0.3) is 11.3 Å². The van der Waals surface area contributed by atoms with E-state index in [-0.39, 0.29) is 11.8 Å². The van der Waals surface area contributed by atoms with Crippen LogP contribution in [-0.2, 0) is 11.3 Å². The number of rotatable bonds is 8. The first-order valence-corrected chi connectivity index (χ1v) is 9.34. The summed E-state index contributed by atoms with van der Waals surface area (Å²) in [6, 6.07) is 7.51. The molecule has 1 amide bonds. The highest BCUT2D eigenvalue weighted by atomic mass is 16.6. The smallest absolute Gasteiger partial charge is 0.223 e. The molecule has 1 N–H and O–H groups in total. The van der Waals surface area contributed by atoms with Crippen LogP contribution >= 0.6 is 0 Å². The molecule has 1 aromatic heterocycles. The quantitative estimate of drug-likeness (QED) is 0.773. The Labute approximate surface area is 153 Å². The van der Waals surface area contributed by atoms with Crippen molar-refractivity contribution in [2.24, 2.45) is 5.92 Å². The highest BCUT2D eigenvalue weighted by molar-refractivity contribution is 5.78. The number of nitrogens with one attached hydrogen (secondary N) is 1. The number of hydrogen-bond donors (Lipinski definition) is 1. The largest absolute Gasteiger partial charge is 0.486 e. The van der Waals surface area contributed by atoms with Crippen LogP contribution in [-0.4, -0.2) is 24.3 Å². The second kappa shape index (κ2) is 8.74. The van der Waals surface area contributed by atoms with Gasteiger partial charge in [0.05, 0.1) is 6.54 Å². The number of amides is 1. The summed E-state index contributed by atoms with van der Waals surface area (Å²) in [5.41, 5.74) is 1.57. The molecule has 140 valence electrons. The van der Waals surface area contributed by atoms with Gasteiger partial charge in [-0.2, -0.15) is 0 Å². The zero-order valence-corrected chi connectivity index (χ0v) is 15.4. The van der Waals surface area contributed by atoms with Crippen LogP contribution in [0.5, 0.6) is 11.5 Å². The average molecular weight is 358 g/mol. The van der Waals surface area contributed by atoms with Crippen molar-refractivity contribution in [3.05, 3.63) is 30.0 Å². The Morgan fingerprint density at radius 2 is 1.85 bits per heavy atom. The van der Waals surface area contributed by atoms with Gasteiger partial charge in [0, 0.05) is 17.5 Å². The standard InChI is InChI=1S/C20H26N2O4/c1-3-5-14(6-4-2)20(23)21-13-16-12-18(26-22-16)15-7-8-17-19(11-15)25-10-9-24-17/h7-8,11-12,14H,3-6,9-10,13H2,1-2H3,(H,21,23). The summed E-state index contributed by atoms with van der Waals surface area (Å²) in [7, 11) is 0. The van der Waals surface area contributed by atoms with E-state index in [9.17, 15) is 4.79 Å². The minimum atomic E-state index is 0.0779. The molecular formula is C20H26N2O4. The van der Waals surface area contributed by atoms with Gasteiger partial charge < -0.3 is 19.3 Å². The minimum absolute atomic E-state index is 0.0779. The molecule has 1 aromatic carbocycles. The second-order valence-corrected chi connectivity index (χ2v) is 6.53. The topological polar surface area (TPSA) is 73.6 Å². The highest BCUT2D eigenvalue weighted by Gasteiger charge is 2.18. The van der Waals surface area contributed by atoms with E-state index in [1.165, 1.54) is 0 Å². The fourth-order valence-corrected chi connectivity index (χ4v) is 3.15. The maximum absolute atomic E-state index is 12.3. The number of hydrogen-bond acceptors (Lipinski definition) is 5. The van der Waals surface area contributed by atoms with Crippen molar-refractivity contribution in [2.45, 2.75) is 46.1 Å². The lowest BCUT2D eigenvalue weighted by atomic mass is 9.97. The molecule has 26 heavy (non-hydrogen) atoms. The van der Waals surface area contributed by atoms with Gasteiger partial charge >= 0.3 is 0 Å². The Bertz CT molecular complexity index is 735. The monoisotopic (exact) mass is 358 g/mol. The van der Waals surface area contributed by atoms with E-state index in [4.69, 9.17) is 14.0 Å². The van der Waals surface area contributed by atoms with Crippen molar-refractivity contribution in [1.29, 1.82) is 0 Å². The fourth-order valence-electron chi connectivity index (χ4n) is 3.15. The molecule has 0 fully saturated rings. The molecule has 0 saturated heterocycles. The van der Waals surface area contributed by atoms with Gasteiger partial charge in [-0.25, -0.2) is 0 Å². The molecule has 1 aliphatic heterocycles. The summed E-state index contributed by atoms with van der Waals surface area (Å²) in [4.78, 5) is 12.3. The third-order valence-electron chi connectivity index (χ3n) is 4.47. The van der Waals surface area contributed by atoms with Gasteiger partial charge in [-0.3, -0.25) is 4.79 Å². The third kappa shape index (κ3) is 4.36. The van der Waals surface area contributed by atoms with E-state index in [1.807, 2.05) is 24.3 Å². The van der Waals surface area contributed by atoms with Gasteiger partial charge in [0.1, 0.15) is 18.9 Å². The van der Waals surface area contributed by atoms with E-state index in [2.05, 4.69) is 24.3 Å². The molecule has 3 rings (SSSR count). The van der Waals surface area contributed by atoms with Crippen molar-refractivity contribution in [1.82, 2.24) is 10.5 Å². The van der Waals surface area contributed by atoms with Crippen LogP contribution in [0.3, 0.4) is 0 Å². The van der Waals surface area contributed by atoms with Crippen molar-refractivity contribution in [2.75, 3.05) is 13.2 Å². The molecule has 0 radical (unpaired) electrons. The lowest BCUT2D eigenvalue weighted by Gasteiger charge is -2.18. The van der Waals surface area contributed by atoms with Gasteiger partial charge in [0.15, 0.2) is 17.3 Å². The van der Waals surface area contributed by atoms with Gasteiger partial charge in [0.2, 0.25) is 5.91 Å². The van der Waals surface area contributed by atoms with Crippen LogP contribution < -0.4 is 14.8 Å². The van der Waals surface area contributed by atoms with Gasteiger partial charge in [0.25, 0.3) is 0 Å². The average Bonchev–Trinajstić information content (AvgIpc) is 3.14. The van der Waals surface area contributed by atoms with E-state index in [0.717, 1.165) is 37.0 Å². The lowest BCUT2D eigenvalue weighted by Crippen LogP contribution is -2.30. The number of nitrogens with zero attached hydrogens (tertiary/aromatic N) is 1. The van der Waals surface area contributed by atoms with Crippen molar-refractivity contribution in [3.63, 3.8) is 0 Å². The van der Waals surface area contributed by atoms with Crippen LogP contribution in [0.15, 0.2) is 28.8 Å². The van der Waals surface area contributed by atoms with Crippen molar-refractivity contribution in [3.8, 4) is 22.8 Å². The Hall–Kier alpha value is -2.50. The number of carbonyl (C=O) groups is 1. The molecule has 2 aromatic rings. The Balaban J connectivity index is 1.62. The van der Waals surface area contributed by atoms with Crippen LogP contribution in [0.1, 0.15) is 45.2 Å². The first-order chi connectivity index (χ1) is 12.7. The molecule has 0 atom stereocenters. The Morgan fingerprint density at radius 3 is 2.58 bits per heavy atom. The second-order valence-electron chi connectivity index (χ2n) is 6.53. The molecule has 0 unspecified atom stereocenters. The molecular weight excluding hydrogens is 332 g/mol. The molecule has 0 spiro atoms. The predicted octanol–water partition coefficient (Wildman–Crippen LogP) is 3.95. The predicted molar refractivity (Wildman–Crippen MR) is 98.1 cm³/mol. The fraction of sp³-hybridized carbons (Fsp3) is 0.500. The summed E-state index contributed by atoms with van der Waals surface area (Å²) in [6.45, 7) is 5.69. The zero-order valence-electron chi connectivity index (χ0n) is 15.4. The Morgan fingerprint density at radius 1 is 1.12 bits per heavy atom. The van der Waals surface area contributed by atoms with E-state index in [0.29, 0.717) is 37.0 Å². The van der Waals surface area contributed by atoms with Gasteiger partial charge in [-0.1, -0.05) is 31.8 Å². The first-order valence-electron chi connectivity index (χ1n) is 9.34. The molecule has 0 aliphatic carbocycles. The first kappa shape index (κ1) is 18.3. The van der Waals surface area contributed by atoms with Crippen molar-refractivity contribution < 1.29 is 18.8 Å². The minimum Gasteiger partial charge on any atom is -0.486 e. The molecule has 0 saturated carbocycles. The van der Waals surface area contributed by atoms with Crippen LogP contribution in [0.2, 0.25) is 0 Å². The van der Waals surface area contributed by atoms with Crippen LogP contribution in [0, 0.1) is 5.92 Å². The van der Waals surface area contributed by atoms with Gasteiger partial charge in [-0.15, -0.1) is 0 Å². The van der Waals surface area contributed by atoms with Gasteiger partial charge in [-0.05, 0) is 31.0 Å². The molecule has 6 heteroatoms. The summed E-state index contributed by atoms with van der Waals surface area (Å²) < 4.78 is 16.6. The molecule has 1 aliphatic rings. The highest BCUT2D eigenvalue weighted by Crippen LogP contribution is 2.34. The van der Waals surface area contributed by atoms with E-state index >= 15 is 0 Å². The van der Waals surface area contributed by atoms with Crippen LogP contribution in [0.4, 0.5) is 0 Å².